The van der Waals surface area contributed by atoms with Crippen molar-refractivity contribution in [1.29, 1.82) is 0 Å². The molecule has 0 saturated carbocycles. The van der Waals surface area contributed by atoms with Crippen LogP contribution in [-0.4, -0.2) is 24.7 Å². The van der Waals surface area contributed by atoms with Gasteiger partial charge >= 0.3 is 0 Å². The summed E-state index contributed by atoms with van der Waals surface area (Å²) in [4.78, 5) is 12.1. The largest absolute Gasteiger partial charge is 0.379 e. The second-order valence-corrected chi connectivity index (χ2v) is 6.43. The van der Waals surface area contributed by atoms with Crippen LogP contribution in [0.25, 0.3) is 0 Å². The molecule has 1 unspecified atom stereocenters. The molecular weight excluding hydrogens is 306 g/mol. The molecule has 1 saturated heterocycles. The SMILES string of the molecule is Cc1cc(Br)ccc1CC(=O)NC1(C)CCCOC1. The van der Waals surface area contributed by atoms with Gasteiger partial charge in [0.25, 0.3) is 0 Å². The van der Waals surface area contributed by atoms with Crippen molar-refractivity contribution in [3.05, 3.63) is 33.8 Å². The Morgan fingerprint density at radius 3 is 2.95 bits per heavy atom. The van der Waals surface area contributed by atoms with Crippen molar-refractivity contribution >= 4 is 21.8 Å². The molecule has 1 aromatic rings. The Morgan fingerprint density at radius 1 is 1.53 bits per heavy atom. The van der Waals surface area contributed by atoms with Gasteiger partial charge in [0.2, 0.25) is 5.91 Å². The van der Waals surface area contributed by atoms with Crippen LogP contribution >= 0.6 is 15.9 Å². The summed E-state index contributed by atoms with van der Waals surface area (Å²) < 4.78 is 6.50. The van der Waals surface area contributed by atoms with Crippen molar-refractivity contribution in [3.63, 3.8) is 0 Å². The van der Waals surface area contributed by atoms with Gasteiger partial charge in [0.05, 0.1) is 18.6 Å². The minimum absolute atomic E-state index is 0.0680. The van der Waals surface area contributed by atoms with E-state index in [1.165, 1.54) is 0 Å². The number of carbonyl (C=O) groups is 1. The Hall–Kier alpha value is -0.870. The Balaban J connectivity index is 1.97. The normalized spacial score (nSPS) is 23.1. The predicted molar refractivity (Wildman–Crippen MR) is 79.2 cm³/mol. The van der Waals surface area contributed by atoms with E-state index in [1.807, 2.05) is 25.1 Å². The average molecular weight is 326 g/mol. The first kappa shape index (κ1) is 14.5. The third-order valence-corrected chi connectivity index (χ3v) is 4.03. The Bertz CT molecular complexity index is 467. The van der Waals surface area contributed by atoms with Crippen LogP contribution in [0.3, 0.4) is 0 Å². The van der Waals surface area contributed by atoms with Gasteiger partial charge in [-0.1, -0.05) is 22.0 Å². The summed E-state index contributed by atoms with van der Waals surface area (Å²) in [6, 6.07) is 6.01. The summed E-state index contributed by atoms with van der Waals surface area (Å²) in [6.45, 7) is 5.49. The summed E-state index contributed by atoms with van der Waals surface area (Å²) in [5.41, 5.74) is 1.99. The highest BCUT2D eigenvalue weighted by molar-refractivity contribution is 9.10. The molecule has 1 N–H and O–H groups in total. The van der Waals surface area contributed by atoms with Crippen LogP contribution in [0.2, 0.25) is 0 Å². The van der Waals surface area contributed by atoms with Gasteiger partial charge in [-0.25, -0.2) is 0 Å². The molecule has 0 radical (unpaired) electrons. The standard InChI is InChI=1S/C15H20BrNO2/c1-11-8-13(16)5-4-12(11)9-14(18)17-15(2)6-3-7-19-10-15/h4-5,8H,3,6-7,9-10H2,1-2H3,(H,17,18). The summed E-state index contributed by atoms with van der Waals surface area (Å²) in [5, 5.41) is 3.11. The van der Waals surface area contributed by atoms with Crippen LogP contribution in [0, 0.1) is 6.92 Å². The maximum absolute atomic E-state index is 12.1. The predicted octanol–water partition coefficient (Wildman–Crippen LogP) is 2.99. The van der Waals surface area contributed by atoms with E-state index in [2.05, 4.69) is 28.2 Å². The smallest absolute Gasteiger partial charge is 0.224 e. The fourth-order valence-corrected chi connectivity index (χ4v) is 2.92. The number of hydrogen-bond acceptors (Lipinski definition) is 2. The number of carbonyl (C=O) groups excluding carboxylic acids is 1. The van der Waals surface area contributed by atoms with Gasteiger partial charge in [0.15, 0.2) is 0 Å². The number of amides is 1. The van der Waals surface area contributed by atoms with Crippen LogP contribution in [0.5, 0.6) is 0 Å². The third kappa shape index (κ3) is 4.05. The summed E-state index contributed by atoms with van der Waals surface area (Å²) in [6.07, 6.45) is 2.42. The van der Waals surface area contributed by atoms with Crippen LogP contribution in [0.15, 0.2) is 22.7 Å². The monoisotopic (exact) mass is 325 g/mol. The number of halogens is 1. The number of rotatable bonds is 3. The van der Waals surface area contributed by atoms with E-state index in [9.17, 15) is 4.79 Å². The highest BCUT2D eigenvalue weighted by atomic mass is 79.9. The van der Waals surface area contributed by atoms with Crippen molar-refractivity contribution in [2.45, 2.75) is 38.6 Å². The average Bonchev–Trinajstić information content (AvgIpc) is 2.33. The van der Waals surface area contributed by atoms with Gasteiger partial charge in [-0.2, -0.15) is 0 Å². The lowest BCUT2D eigenvalue weighted by molar-refractivity contribution is -0.124. The van der Waals surface area contributed by atoms with Gasteiger partial charge in [0, 0.05) is 11.1 Å². The van der Waals surface area contributed by atoms with Gasteiger partial charge in [-0.15, -0.1) is 0 Å². The maximum Gasteiger partial charge on any atom is 0.224 e. The molecule has 1 amide bonds. The fraction of sp³-hybridized carbons (Fsp3) is 0.533. The third-order valence-electron chi connectivity index (χ3n) is 3.53. The first-order chi connectivity index (χ1) is 8.98. The number of benzene rings is 1. The van der Waals surface area contributed by atoms with Crippen molar-refractivity contribution in [2.24, 2.45) is 0 Å². The van der Waals surface area contributed by atoms with Crippen molar-refractivity contribution in [3.8, 4) is 0 Å². The minimum atomic E-state index is -0.210. The fourth-order valence-electron chi connectivity index (χ4n) is 2.44. The molecular formula is C15H20BrNO2. The molecule has 104 valence electrons. The van der Waals surface area contributed by atoms with Gasteiger partial charge in [-0.3, -0.25) is 4.79 Å². The number of nitrogens with one attached hydrogen (secondary N) is 1. The maximum atomic E-state index is 12.1. The van der Waals surface area contributed by atoms with E-state index in [-0.39, 0.29) is 11.4 Å². The molecule has 0 aromatic heterocycles. The Labute approximate surface area is 122 Å². The van der Waals surface area contributed by atoms with Crippen LogP contribution in [-0.2, 0) is 16.0 Å². The lowest BCUT2D eigenvalue weighted by atomic mass is 9.94. The molecule has 1 fully saturated rings. The van der Waals surface area contributed by atoms with Gasteiger partial charge < -0.3 is 10.1 Å². The van der Waals surface area contributed by atoms with E-state index in [1.54, 1.807) is 0 Å². The highest BCUT2D eigenvalue weighted by Gasteiger charge is 2.29. The first-order valence-corrected chi connectivity index (χ1v) is 7.42. The molecule has 1 aliphatic rings. The summed E-state index contributed by atoms with van der Waals surface area (Å²) in [5.74, 6) is 0.0680. The van der Waals surface area contributed by atoms with Crippen LogP contribution in [0.1, 0.15) is 30.9 Å². The minimum Gasteiger partial charge on any atom is -0.379 e. The van der Waals surface area contributed by atoms with Gasteiger partial charge in [0.1, 0.15) is 0 Å². The number of ether oxygens (including phenoxy) is 1. The van der Waals surface area contributed by atoms with Crippen LogP contribution < -0.4 is 5.32 Å². The van der Waals surface area contributed by atoms with Gasteiger partial charge in [-0.05, 0) is 49.9 Å². The van der Waals surface area contributed by atoms with E-state index in [4.69, 9.17) is 4.74 Å². The molecule has 0 aliphatic carbocycles. The topological polar surface area (TPSA) is 38.3 Å². The molecule has 2 rings (SSSR count). The lowest BCUT2D eigenvalue weighted by Crippen LogP contribution is -2.52. The van der Waals surface area contributed by atoms with E-state index in [0.29, 0.717) is 13.0 Å². The summed E-state index contributed by atoms with van der Waals surface area (Å²) in [7, 11) is 0. The second-order valence-electron chi connectivity index (χ2n) is 5.51. The lowest BCUT2D eigenvalue weighted by Gasteiger charge is -2.34. The quantitative estimate of drug-likeness (QED) is 0.927. The van der Waals surface area contributed by atoms with Crippen LogP contribution in [0.4, 0.5) is 0 Å². The molecule has 1 heterocycles. The van der Waals surface area contributed by atoms with Crippen molar-refractivity contribution < 1.29 is 9.53 Å². The summed E-state index contributed by atoms with van der Waals surface area (Å²) >= 11 is 3.43. The van der Waals surface area contributed by atoms with Crippen molar-refractivity contribution in [2.75, 3.05) is 13.2 Å². The highest BCUT2D eigenvalue weighted by Crippen LogP contribution is 2.20. The van der Waals surface area contributed by atoms with E-state index >= 15 is 0 Å². The zero-order valence-electron chi connectivity index (χ0n) is 11.5. The molecule has 0 spiro atoms. The Morgan fingerprint density at radius 2 is 2.32 bits per heavy atom. The molecule has 1 aromatic carbocycles. The molecule has 4 heteroatoms. The number of aryl methyl sites for hydroxylation is 1. The molecule has 19 heavy (non-hydrogen) atoms. The van der Waals surface area contributed by atoms with E-state index in [0.717, 1.165) is 35.0 Å². The molecule has 0 bridgehead atoms. The second kappa shape index (κ2) is 6.06. The zero-order chi connectivity index (χ0) is 13.9. The molecule has 1 atom stereocenters. The number of hydrogen-bond donors (Lipinski definition) is 1. The Kier molecular flexibility index (Phi) is 4.63. The zero-order valence-corrected chi connectivity index (χ0v) is 13.0. The van der Waals surface area contributed by atoms with Crippen molar-refractivity contribution in [1.82, 2.24) is 5.32 Å². The van der Waals surface area contributed by atoms with E-state index < -0.39 is 0 Å². The first-order valence-electron chi connectivity index (χ1n) is 6.62. The molecule has 3 nitrogen and oxygen atoms in total. The molecule has 1 aliphatic heterocycles.